The first kappa shape index (κ1) is 14.5. The molecule has 5 N–H and O–H groups in total. The summed E-state index contributed by atoms with van der Waals surface area (Å²) in [6.07, 6.45) is 4.35. The molecule has 0 saturated carbocycles. The van der Waals surface area contributed by atoms with Crippen molar-refractivity contribution in [3.63, 3.8) is 0 Å². The van der Waals surface area contributed by atoms with Crippen LogP contribution >= 0.6 is 0 Å². The van der Waals surface area contributed by atoms with Crippen molar-refractivity contribution >= 4 is 28.4 Å². The van der Waals surface area contributed by atoms with E-state index in [1.165, 1.54) is 0 Å². The number of rotatable bonds is 4. The number of benzene rings is 1. The highest BCUT2D eigenvalue weighted by molar-refractivity contribution is 6.25. The minimum atomic E-state index is -0.736. The number of carbonyl (C=O) groups excluding carboxylic acids is 2. The first-order valence-corrected chi connectivity index (χ1v) is 6.90. The van der Waals surface area contributed by atoms with Crippen molar-refractivity contribution in [2.75, 3.05) is 0 Å². The molecule has 0 aliphatic heterocycles. The van der Waals surface area contributed by atoms with E-state index in [-0.39, 0.29) is 5.57 Å². The zero-order valence-electron chi connectivity index (χ0n) is 12.1. The molecule has 6 heteroatoms. The van der Waals surface area contributed by atoms with Crippen LogP contribution < -0.4 is 11.5 Å². The summed E-state index contributed by atoms with van der Waals surface area (Å²) in [5, 5.41) is 0.692. The molecule has 2 heterocycles. The lowest BCUT2D eigenvalue weighted by atomic mass is 10.0. The van der Waals surface area contributed by atoms with Gasteiger partial charge < -0.3 is 16.5 Å². The Hall–Kier alpha value is -3.41. The molecule has 0 atom stereocenters. The van der Waals surface area contributed by atoms with Crippen LogP contribution in [0.5, 0.6) is 0 Å². The van der Waals surface area contributed by atoms with Crippen LogP contribution in [-0.4, -0.2) is 21.8 Å². The lowest BCUT2D eigenvalue weighted by Crippen LogP contribution is -2.16. The summed E-state index contributed by atoms with van der Waals surface area (Å²) in [7, 11) is 0. The SMILES string of the molecule is NC(=O)C=C(C(N)=O)c1c[nH]c2ncc(-c3ccccc3)cc12. The third-order valence-corrected chi connectivity index (χ3v) is 3.48. The van der Waals surface area contributed by atoms with Crippen molar-refractivity contribution in [2.45, 2.75) is 0 Å². The minimum Gasteiger partial charge on any atom is -0.366 e. The van der Waals surface area contributed by atoms with E-state index in [1.807, 2.05) is 36.4 Å². The summed E-state index contributed by atoms with van der Waals surface area (Å²) in [4.78, 5) is 30.1. The number of pyridine rings is 1. The molecular formula is C17H14N4O2. The highest BCUT2D eigenvalue weighted by Crippen LogP contribution is 2.28. The van der Waals surface area contributed by atoms with Crippen LogP contribution in [0.3, 0.4) is 0 Å². The molecule has 0 aliphatic rings. The largest absolute Gasteiger partial charge is 0.366 e. The van der Waals surface area contributed by atoms with Crippen LogP contribution in [0, 0.1) is 0 Å². The Kier molecular flexibility index (Phi) is 3.64. The summed E-state index contributed by atoms with van der Waals surface area (Å²) in [6, 6.07) is 11.6. The highest BCUT2D eigenvalue weighted by Gasteiger charge is 2.15. The molecular weight excluding hydrogens is 292 g/mol. The van der Waals surface area contributed by atoms with E-state index in [9.17, 15) is 9.59 Å². The average Bonchev–Trinajstić information content (AvgIpc) is 2.96. The molecule has 0 saturated heterocycles. The second-order valence-electron chi connectivity index (χ2n) is 5.01. The quantitative estimate of drug-likeness (QED) is 0.635. The lowest BCUT2D eigenvalue weighted by molar-refractivity contribution is -0.115. The number of aromatic nitrogens is 2. The maximum Gasteiger partial charge on any atom is 0.249 e. The van der Waals surface area contributed by atoms with E-state index in [0.29, 0.717) is 16.6 Å². The second kappa shape index (κ2) is 5.76. The predicted octanol–water partition coefficient (Wildman–Crippen LogP) is 1.58. The topological polar surface area (TPSA) is 115 Å². The van der Waals surface area contributed by atoms with Crippen LogP contribution in [0.1, 0.15) is 5.56 Å². The Bertz CT molecular complexity index is 926. The van der Waals surface area contributed by atoms with Gasteiger partial charge in [0.15, 0.2) is 0 Å². The molecule has 0 spiro atoms. The number of H-pyrrole nitrogens is 1. The van der Waals surface area contributed by atoms with Crippen LogP contribution in [0.15, 0.2) is 54.9 Å². The van der Waals surface area contributed by atoms with Gasteiger partial charge in [-0.3, -0.25) is 9.59 Å². The molecule has 6 nitrogen and oxygen atoms in total. The van der Waals surface area contributed by atoms with Crippen molar-refractivity contribution in [3.05, 3.63) is 60.4 Å². The van der Waals surface area contributed by atoms with E-state index in [0.717, 1.165) is 17.2 Å². The third-order valence-electron chi connectivity index (χ3n) is 3.48. The molecule has 23 heavy (non-hydrogen) atoms. The van der Waals surface area contributed by atoms with Crippen LogP contribution in [0.4, 0.5) is 0 Å². The molecule has 3 aromatic rings. The third kappa shape index (κ3) is 2.82. The van der Waals surface area contributed by atoms with Gasteiger partial charge in [0.2, 0.25) is 11.8 Å². The normalized spacial score (nSPS) is 11.6. The molecule has 2 aromatic heterocycles. The number of nitrogens with zero attached hydrogens (tertiary/aromatic N) is 1. The van der Waals surface area contributed by atoms with E-state index in [4.69, 9.17) is 11.5 Å². The van der Waals surface area contributed by atoms with Gasteiger partial charge in [0.1, 0.15) is 5.65 Å². The van der Waals surface area contributed by atoms with Gasteiger partial charge in [0.05, 0.1) is 5.57 Å². The maximum atomic E-state index is 11.6. The Labute approximate surface area is 131 Å². The summed E-state index contributed by atoms with van der Waals surface area (Å²) >= 11 is 0. The average molecular weight is 306 g/mol. The number of aromatic amines is 1. The number of carbonyl (C=O) groups is 2. The number of hydrogen-bond acceptors (Lipinski definition) is 3. The fraction of sp³-hybridized carbons (Fsp3) is 0. The Morgan fingerprint density at radius 2 is 1.83 bits per heavy atom. The van der Waals surface area contributed by atoms with Crippen molar-refractivity contribution in [3.8, 4) is 11.1 Å². The zero-order chi connectivity index (χ0) is 16.4. The number of amides is 2. The highest BCUT2D eigenvalue weighted by atomic mass is 16.1. The second-order valence-corrected chi connectivity index (χ2v) is 5.01. The molecule has 2 amide bonds. The van der Waals surface area contributed by atoms with Gasteiger partial charge in [-0.05, 0) is 11.6 Å². The van der Waals surface area contributed by atoms with Gasteiger partial charge in [0, 0.05) is 35.0 Å². The van der Waals surface area contributed by atoms with Gasteiger partial charge in [-0.2, -0.15) is 0 Å². The Morgan fingerprint density at radius 3 is 2.48 bits per heavy atom. The molecule has 0 radical (unpaired) electrons. The van der Waals surface area contributed by atoms with Gasteiger partial charge in [0.25, 0.3) is 0 Å². The van der Waals surface area contributed by atoms with Crippen molar-refractivity contribution in [2.24, 2.45) is 11.5 Å². The number of fused-ring (bicyclic) bond motifs is 1. The molecule has 114 valence electrons. The summed E-state index contributed by atoms with van der Waals surface area (Å²) in [6.45, 7) is 0. The number of nitrogens with two attached hydrogens (primary N) is 2. The predicted molar refractivity (Wildman–Crippen MR) is 87.9 cm³/mol. The molecule has 1 aromatic carbocycles. The van der Waals surface area contributed by atoms with Gasteiger partial charge in [-0.15, -0.1) is 0 Å². The first-order chi connectivity index (χ1) is 11.1. The van der Waals surface area contributed by atoms with E-state index >= 15 is 0 Å². The van der Waals surface area contributed by atoms with Gasteiger partial charge in [-0.1, -0.05) is 30.3 Å². The van der Waals surface area contributed by atoms with Crippen LogP contribution in [0.2, 0.25) is 0 Å². The van der Waals surface area contributed by atoms with E-state index < -0.39 is 11.8 Å². The van der Waals surface area contributed by atoms with E-state index in [1.54, 1.807) is 12.4 Å². The van der Waals surface area contributed by atoms with Crippen LogP contribution in [0.25, 0.3) is 27.7 Å². The van der Waals surface area contributed by atoms with Crippen molar-refractivity contribution in [1.29, 1.82) is 0 Å². The standard InChI is InChI=1S/C17H14N4O2/c18-15(22)7-12(16(19)23)14-9-21-17-13(14)6-11(8-20-17)10-4-2-1-3-5-10/h1-9H,(H2,18,22)(H2,19,23)(H,20,21). The molecule has 0 bridgehead atoms. The fourth-order valence-corrected chi connectivity index (χ4v) is 2.44. The number of primary amides is 2. The molecule has 0 fully saturated rings. The van der Waals surface area contributed by atoms with Crippen LogP contribution in [-0.2, 0) is 9.59 Å². The van der Waals surface area contributed by atoms with Gasteiger partial charge in [-0.25, -0.2) is 4.98 Å². The summed E-state index contributed by atoms with van der Waals surface area (Å²) in [5.74, 6) is -1.46. The minimum absolute atomic E-state index is 0.0516. The lowest BCUT2D eigenvalue weighted by Gasteiger charge is -2.04. The Morgan fingerprint density at radius 1 is 1.09 bits per heavy atom. The fourth-order valence-electron chi connectivity index (χ4n) is 2.44. The molecule has 3 rings (SSSR count). The monoisotopic (exact) mass is 306 g/mol. The summed E-state index contributed by atoms with van der Waals surface area (Å²) < 4.78 is 0. The summed E-state index contributed by atoms with van der Waals surface area (Å²) in [5.41, 5.74) is 13.5. The van der Waals surface area contributed by atoms with E-state index in [2.05, 4.69) is 9.97 Å². The van der Waals surface area contributed by atoms with Crippen molar-refractivity contribution < 1.29 is 9.59 Å². The Balaban J connectivity index is 2.19. The number of hydrogen-bond donors (Lipinski definition) is 3. The zero-order valence-corrected chi connectivity index (χ0v) is 12.1. The number of nitrogens with one attached hydrogen (secondary N) is 1. The van der Waals surface area contributed by atoms with Gasteiger partial charge >= 0.3 is 0 Å². The smallest absolute Gasteiger partial charge is 0.249 e. The molecule has 0 unspecified atom stereocenters. The first-order valence-electron chi connectivity index (χ1n) is 6.90. The van der Waals surface area contributed by atoms with Crippen molar-refractivity contribution in [1.82, 2.24) is 9.97 Å². The maximum absolute atomic E-state index is 11.6. The molecule has 0 aliphatic carbocycles.